The Balaban J connectivity index is 6.97. The monoisotopic (exact) mass is 350 g/mol. The van der Waals surface area contributed by atoms with Gasteiger partial charge in [-0.05, 0) is 0 Å². The first-order valence-corrected chi connectivity index (χ1v) is 4.15. The average molecular weight is 350 g/mol. The maximum atomic E-state index is 12.8. The molecule has 0 N–H and O–H groups in total. The van der Waals surface area contributed by atoms with Crippen LogP contribution < -0.4 is 0 Å². The number of allylic oxidation sites excluding steroid dienone is 1. The summed E-state index contributed by atoms with van der Waals surface area (Å²) in [6.07, 6.45) is -28.1. The zero-order chi connectivity index (χ0) is 17.7. The fourth-order valence-electron chi connectivity index (χ4n) is 1.30. The highest BCUT2D eigenvalue weighted by molar-refractivity contribution is 5.20. The van der Waals surface area contributed by atoms with Gasteiger partial charge in [0.25, 0.3) is 0 Å². The maximum Gasteiger partial charge on any atom is 0.418 e. The van der Waals surface area contributed by atoms with Crippen molar-refractivity contribution in [2.75, 3.05) is 0 Å². The van der Waals surface area contributed by atoms with Crippen molar-refractivity contribution in [3.05, 3.63) is 11.9 Å². The lowest BCUT2D eigenvalue weighted by molar-refractivity contribution is -0.471. The topological polar surface area (TPSA) is 0 Å². The molecule has 0 aromatic heterocycles. The van der Waals surface area contributed by atoms with E-state index in [2.05, 4.69) is 0 Å². The molecule has 0 aromatic carbocycles. The van der Waals surface area contributed by atoms with E-state index in [1.54, 1.807) is 0 Å². The molecule has 14 heteroatoms. The quantitative estimate of drug-likeness (QED) is 0.587. The summed E-state index contributed by atoms with van der Waals surface area (Å²) in [6.45, 7) is 0. The van der Waals surface area contributed by atoms with Crippen molar-refractivity contribution >= 4 is 0 Å². The first-order valence-electron chi connectivity index (χ1n) is 4.15. The predicted octanol–water partition coefficient (Wildman–Crippen LogP) is 5.37. The summed E-state index contributed by atoms with van der Waals surface area (Å²) in [7, 11) is 0. The van der Waals surface area contributed by atoms with Crippen molar-refractivity contribution in [2.24, 2.45) is 5.41 Å². The molecule has 21 heavy (non-hydrogen) atoms. The second-order valence-electron chi connectivity index (χ2n) is 3.39. The summed E-state index contributed by atoms with van der Waals surface area (Å²) < 4.78 is 170. The minimum Gasteiger partial charge on any atom is -0.199 e. The molecule has 0 aliphatic heterocycles. The number of halogens is 14. The van der Waals surface area contributed by atoms with Crippen LogP contribution in [0.4, 0.5) is 61.5 Å². The Labute approximate surface area is 105 Å². The van der Waals surface area contributed by atoms with Gasteiger partial charge in [-0.3, -0.25) is 0 Å². The second-order valence-corrected chi connectivity index (χ2v) is 3.39. The van der Waals surface area contributed by atoms with Gasteiger partial charge in [0.1, 0.15) is 0 Å². The van der Waals surface area contributed by atoms with Crippen molar-refractivity contribution in [2.45, 2.75) is 24.5 Å². The molecule has 0 radical (unpaired) electrons. The molecule has 0 spiro atoms. The van der Waals surface area contributed by atoms with E-state index in [1.807, 2.05) is 0 Å². The molecule has 0 bridgehead atoms. The van der Waals surface area contributed by atoms with Crippen LogP contribution in [-0.2, 0) is 0 Å². The van der Waals surface area contributed by atoms with E-state index in [4.69, 9.17) is 0 Å². The third kappa shape index (κ3) is 2.63. The molecule has 0 heterocycles. The lowest BCUT2D eigenvalue weighted by Crippen LogP contribution is -2.69. The summed E-state index contributed by atoms with van der Waals surface area (Å²) in [5.74, 6) is -12.4. The summed E-state index contributed by atoms with van der Waals surface area (Å²) >= 11 is 0. The largest absolute Gasteiger partial charge is 0.418 e. The van der Waals surface area contributed by atoms with Gasteiger partial charge in [-0.15, -0.1) is 0 Å². The van der Waals surface area contributed by atoms with E-state index in [9.17, 15) is 61.5 Å². The summed E-state index contributed by atoms with van der Waals surface area (Å²) in [6, 6.07) is 0. The molecule has 0 nitrogen and oxygen atoms in total. The first-order chi connectivity index (χ1) is 8.85. The van der Waals surface area contributed by atoms with E-state index in [0.29, 0.717) is 0 Å². The van der Waals surface area contributed by atoms with Crippen molar-refractivity contribution in [1.29, 1.82) is 0 Å². The van der Waals surface area contributed by atoms with Gasteiger partial charge in [0.2, 0.25) is 5.83 Å². The van der Waals surface area contributed by atoms with Crippen LogP contribution in [0.25, 0.3) is 0 Å². The number of hydrogen-bond acceptors (Lipinski definition) is 0. The number of hydrogen-bond donors (Lipinski definition) is 0. The Morgan fingerprint density at radius 3 is 0.857 bits per heavy atom. The van der Waals surface area contributed by atoms with Gasteiger partial charge in [-0.2, -0.15) is 61.5 Å². The zero-order valence-electron chi connectivity index (χ0n) is 8.79. The van der Waals surface area contributed by atoms with Crippen LogP contribution in [0.3, 0.4) is 0 Å². The first kappa shape index (κ1) is 19.8. The van der Waals surface area contributed by atoms with Crippen LogP contribution >= 0.6 is 0 Å². The lowest BCUT2D eigenvalue weighted by Gasteiger charge is -2.42. The van der Waals surface area contributed by atoms with Gasteiger partial charge < -0.3 is 0 Å². The second kappa shape index (κ2) is 4.90. The molecule has 0 aliphatic rings. The Kier molecular flexibility index (Phi) is 4.61. The van der Waals surface area contributed by atoms with E-state index >= 15 is 0 Å². The molecule has 0 rings (SSSR count). The van der Waals surface area contributed by atoms with Crippen LogP contribution in [-0.4, -0.2) is 24.5 Å². The SMILES string of the molecule is FC(F)=C(F)C(F)(F)C(C(F)(F)F)(C(F)(F)F)C(F)(F)F. The molecule has 0 unspecified atom stereocenters. The highest BCUT2D eigenvalue weighted by atomic mass is 19.4. The van der Waals surface area contributed by atoms with E-state index in [0.717, 1.165) is 0 Å². The third-order valence-electron chi connectivity index (χ3n) is 2.19. The summed E-state index contributed by atoms with van der Waals surface area (Å²) in [5.41, 5.74) is -8.03. The minimum atomic E-state index is -8.03. The van der Waals surface area contributed by atoms with Crippen LogP contribution in [0.1, 0.15) is 0 Å². The highest BCUT2D eigenvalue weighted by Crippen LogP contribution is 2.68. The van der Waals surface area contributed by atoms with Crippen LogP contribution in [0.15, 0.2) is 11.9 Å². The van der Waals surface area contributed by atoms with E-state index in [-0.39, 0.29) is 0 Å². The van der Waals surface area contributed by atoms with Crippen molar-refractivity contribution in [1.82, 2.24) is 0 Å². The Hall–Kier alpha value is -1.24. The smallest absolute Gasteiger partial charge is 0.199 e. The standard InChI is InChI=1S/C7F14/c8-1(2(9)10)3(11,12)4(5(13,14)15,6(16,17)18)7(19,20)21. The highest BCUT2D eigenvalue weighted by Gasteiger charge is 2.94. The molecule has 0 aliphatic carbocycles. The molecule has 0 saturated carbocycles. The van der Waals surface area contributed by atoms with E-state index < -0.39 is 41.8 Å². The zero-order valence-corrected chi connectivity index (χ0v) is 8.79. The summed E-state index contributed by atoms with van der Waals surface area (Å²) in [5, 5.41) is 0. The molecule has 0 fully saturated rings. The van der Waals surface area contributed by atoms with Gasteiger partial charge in [0.15, 0.2) is 0 Å². The minimum absolute atomic E-state index is 4.46. The van der Waals surface area contributed by atoms with Crippen molar-refractivity contribution < 1.29 is 61.5 Å². The lowest BCUT2D eigenvalue weighted by atomic mass is 9.77. The molecule has 0 aromatic rings. The Morgan fingerprint density at radius 2 is 0.714 bits per heavy atom. The van der Waals surface area contributed by atoms with Crippen molar-refractivity contribution in [3.8, 4) is 0 Å². The molecule has 126 valence electrons. The molecule has 0 atom stereocenters. The number of rotatable bonds is 2. The van der Waals surface area contributed by atoms with Gasteiger partial charge in [-0.25, -0.2) is 0 Å². The Bertz CT molecular complexity index is 376. The summed E-state index contributed by atoms with van der Waals surface area (Å²) in [4.78, 5) is 0. The predicted molar refractivity (Wildman–Crippen MR) is 35.9 cm³/mol. The molecular weight excluding hydrogens is 350 g/mol. The van der Waals surface area contributed by atoms with Gasteiger partial charge >= 0.3 is 35.9 Å². The fraction of sp³-hybridized carbons (Fsp3) is 0.714. The van der Waals surface area contributed by atoms with Gasteiger partial charge in [0.05, 0.1) is 0 Å². The molecule has 0 amide bonds. The van der Waals surface area contributed by atoms with Gasteiger partial charge in [0, 0.05) is 0 Å². The molecular formula is C7F14. The Morgan fingerprint density at radius 1 is 0.476 bits per heavy atom. The van der Waals surface area contributed by atoms with Crippen LogP contribution in [0.2, 0.25) is 0 Å². The van der Waals surface area contributed by atoms with E-state index in [1.165, 1.54) is 0 Å². The third-order valence-corrected chi connectivity index (χ3v) is 2.19. The normalized spacial score (nSPS) is 15.1. The van der Waals surface area contributed by atoms with Crippen LogP contribution in [0, 0.1) is 5.41 Å². The van der Waals surface area contributed by atoms with Gasteiger partial charge in [-0.1, -0.05) is 0 Å². The van der Waals surface area contributed by atoms with Crippen molar-refractivity contribution in [3.63, 3.8) is 0 Å². The number of alkyl halides is 11. The fourth-order valence-corrected chi connectivity index (χ4v) is 1.30. The van der Waals surface area contributed by atoms with Crippen LogP contribution in [0.5, 0.6) is 0 Å². The average Bonchev–Trinajstić information content (AvgIpc) is 2.07. The maximum absolute atomic E-state index is 12.8. The molecule has 0 saturated heterocycles.